The average molecular weight is 309 g/mol. The molecule has 1 aromatic heterocycles. The van der Waals surface area contributed by atoms with Crippen molar-refractivity contribution in [1.82, 2.24) is 9.29 Å². The van der Waals surface area contributed by atoms with Crippen LogP contribution in [-0.4, -0.2) is 30.3 Å². The molecule has 0 bridgehead atoms. The first-order chi connectivity index (χ1) is 8.46. The number of thiazole rings is 1. The summed E-state index contributed by atoms with van der Waals surface area (Å²) in [6.07, 6.45) is 3.81. The van der Waals surface area contributed by atoms with E-state index in [0.29, 0.717) is 16.4 Å². The van der Waals surface area contributed by atoms with E-state index in [1.807, 2.05) is 0 Å². The van der Waals surface area contributed by atoms with Gasteiger partial charge in [0.05, 0.1) is 5.69 Å². The molecule has 1 aliphatic carbocycles. The highest BCUT2D eigenvalue weighted by Gasteiger charge is 2.39. The van der Waals surface area contributed by atoms with E-state index in [0.717, 1.165) is 37.0 Å². The van der Waals surface area contributed by atoms with Gasteiger partial charge in [0, 0.05) is 12.6 Å². The molecule has 0 N–H and O–H groups in total. The molecule has 1 aliphatic rings. The van der Waals surface area contributed by atoms with Crippen molar-refractivity contribution in [2.24, 2.45) is 0 Å². The molecular formula is C11H17ClN2O2S2. The second-order valence-electron chi connectivity index (χ2n) is 4.54. The summed E-state index contributed by atoms with van der Waals surface area (Å²) >= 11 is 6.85. The van der Waals surface area contributed by atoms with Crippen LogP contribution in [0.3, 0.4) is 0 Å². The van der Waals surface area contributed by atoms with Crippen LogP contribution in [0.2, 0.25) is 4.47 Å². The molecule has 1 saturated carbocycles. The summed E-state index contributed by atoms with van der Waals surface area (Å²) in [5.74, 6) is 0. The summed E-state index contributed by atoms with van der Waals surface area (Å²) in [4.78, 5) is 4.00. The van der Waals surface area contributed by atoms with Crippen LogP contribution in [0.4, 0.5) is 0 Å². The molecule has 1 aromatic rings. The summed E-state index contributed by atoms with van der Waals surface area (Å²) < 4.78 is 27.4. The van der Waals surface area contributed by atoms with Gasteiger partial charge in [-0.2, -0.15) is 4.31 Å². The van der Waals surface area contributed by atoms with Gasteiger partial charge in [0.1, 0.15) is 0 Å². The van der Waals surface area contributed by atoms with Crippen molar-refractivity contribution in [3.05, 3.63) is 10.2 Å². The molecule has 0 aliphatic heterocycles. The summed E-state index contributed by atoms with van der Waals surface area (Å²) in [5.41, 5.74) is 0.507. The number of aryl methyl sites for hydroxylation is 1. The zero-order valence-electron chi connectivity index (χ0n) is 10.5. The molecule has 102 valence electrons. The third-order valence-corrected chi connectivity index (χ3v) is 6.76. The first-order valence-electron chi connectivity index (χ1n) is 6.11. The third-order valence-electron chi connectivity index (χ3n) is 2.96. The van der Waals surface area contributed by atoms with Gasteiger partial charge in [-0.05, 0) is 26.2 Å². The molecule has 0 unspecified atom stereocenters. The molecule has 0 amide bonds. The number of hydrogen-bond donors (Lipinski definition) is 0. The number of sulfonamides is 1. The van der Waals surface area contributed by atoms with Gasteiger partial charge in [0.25, 0.3) is 10.0 Å². The van der Waals surface area contributed by atoms with E-state index < -0.39 is 10.0 Å². The lowest BCUT2D eigenvalue weighted by Gasteiger charge is -2.20. The lowest BCUT2D eigenvalue weighted by molar-refractivity contribution is 0.396. The van der Waals surface area contributed by atoms with Gasteiger partial charge >= 0.3 is 0 Å². The number of aromatic nitrogens is 1. The van der Waals surface area contributed by atoms with E-state index in [1.54, 1.807) is 11.2 Å². The van der Waals surface area contributed by atoms with Gasteiger partial charge in [-0.1, -0.05) is 36.3 Å². The first kappa shape index (κ1) is 14.2. The normalized spacial score (nSPS) is 16.4. The molecule has 0 aromatic carbocycles. The van der Waals surface area contributed by atoms with Gasteiger partial charge < -0.3 is 0 Å². The van der Waals surface area contributed by atoms with Gasteiger partial charge in [0.2, 0.25) is 0 Å². The molecule has 4 nitrogen and oxygen atoms in total. The fraction of sp³-hybridized carbons (Fsp3) is 0.727. The second kappa shape index (κ2) is 5.45. The van der Waals surface area contributed by atoms with Crippen molar-refractivity contribution in [1.29, 1.82) is 0 Å². The Balaban J connectivity index is 2.30. The molecule has 2 rings (SSSR count). The standard InChI is InChI=1S/C11H17ClN2O2S2/c1-3-4-7-14(9-5-6-9)18(15,16)10-8(2)13-11(12)17-10/h9H,3-7H2,1-2H3. The van der Waals surface area contributed by atoms with E-state index >= 15 is 0 Å². The summed E-state index contributed by atoms with van der Waals surface area (Å²) in [7, 11) is -3.41. The Morgan fingerprint density at radius 3 is 2.61 bits per heavy atom. The van der Waals surface area contributed by atoms with Crippen LogP contribution in [-0.2, 0) is 10.0 Å². The fourth-order valence-electron chi connectivity index (χ4n) is 1.87. The summed E-state index contributed by atoms with van der Waals surface area (Å²) in [6, 6.07) is 0.182. The van der Waals surface area contributed by atoms with Gasteiger partial charge in [-0.3, -0.25) is 0 Å². The minimum atomic E-state index is -3.41. The van der Waals surface area contributed by atoms with Crippen molar-refractivity contribution in [3.63, 3.8) is 0 Å². The Bertz CT molecular complexity index is 523. The minimum Gasteiger partial charge on any atom is -0.229 e. The molecule has 1 heterocycles. The Labute approximate surface area is 117 Å². The highest BCUT2D eigenvalue weighted by molar-refractivity contribution is 7.91. The van der Waals surface area contributed by atoms with Crippen LogP contribution in [0.1, 0.15) is 38.3 Å². The van der Waals surface area contributed by atoms with Gasteiger partial charge in [-0.15, -0.1) is 0 Å². The minimum absolute atomic E-state index is 0.182. The van der Waals surface area contributed by atoms with Gasteiger partial charge in [0.15, 0.2) is 8.68 Å². The molecule has 0 saturated heterocycles. The quantitative estimate of drug-likeness (QED) is 0.811. The van der Waals surface area contributed by atoms with Crippen molar-refractivity contribution >= 4 is 33.0 Å². The highest BCUT2D eigenvalue weighted by atomic mass is 35.5. The monoisotopic (exact) mass is 308 g/mol. The van der Waals surface area contributed by atoms with Crippen LogP contribution in [0.25, 0.3) is 0 Å². The van der Waals surface area contributed by atoms with Crippen LogP contribution in [0.15, 0.2) is 4.21 Å². The topological polar surface area (TPSA) is 50.3 Å². The molecule has 7 heteroatoms. The molecule has 0 spiro atoms. The Hall–Kier alpha value is -0.170. The summed E-state index contributed by atoms with van der Waals surface area (Å²) in [5, 5.41) is 0. The number of unbranched alkanes of at least 4 members (excludes halogenated alkanes) is 1. The molecule has 18 heavy (non-hydrogen) atoms. The van der Waals surface area contributed by atoms with Crippen LogP contribution < -0.4 is 0 Å². The van der Waals surface area contributed by atoms with E-state index in [4.69, 9.17) is 11.6 Å². The predicted molar refractivity (Wildman–Crippen MR) is 73.7 cm³/mol. The largest absolute Gasteiger partial charge is 0.254 e. The number of nitrogens with zero attached hydrogens (tertiary/aromatic N) is 2. The maximum atomic E-state index is 12.6. The smallest absolute Gasteiger partial charge is 0.229 e. The van der Waals surface area contributed by atoms with Crippen molar-refractivity contribution in [2.45, 2.75) is 49.8 Å². The first-order valence-corrected chi connectivity index (χ1v) is 8.75. The lowest BCUT2D eigenvalue weighted by Crippen LogP contribution is -2.33. The molecule has 0 radical (unpaired) electrons. The van der Waals surface area contributed by atoms with Crippen LogP contribution in [0, 0.1) is 6.92 Å². The Morgan fingerprint density at radius 1 is 1.50 bits per heavy atom. The maximum Gasteiger partial charge on any atom is 0.254 e. The average Bonchev–Trinajstić information content (AvgIpc) is 3.04. The van der Waals surface area contributed by atoms with Crippen molar-refractivity contribution in [3.8, 4) is 0 Å². The van der Waals surface area contributed by atoms with E-state index in [-0.39, 0.29) is 10.5 Å². The Morgan fingerprint density at radius 2 is 2.17 bits per heavy atom. The zero-order chi connectivity index (χ0) is 13.3. The van der Waals surface area contributed by atoms with Crippen molar-refractivity contribution in [2.75, 3.05) is 6.54 Å². The number of rotatable bonds is 6. The Kier molecular flexibility index (Phi) is 4.31. The van der Waals surface area contributed by atoms with E-state index in [2.05, 4.69) is 11.9 Å². The van der Waals surface area contributed by atoms with E-state index in [9.17, 15) is 8.42 Å². The van der Waals surface area contributed by atoms with Gasteiger partial charge in [-0.25, -0.2) is 13.4 Å². The third kappa shape index (κ3) is 2.87. The maximum absolute atomic E-state index is 12.6. The van der Waals surface area contributed by atoms with Crippen LogP contribution in [0.5, 0.6) is 0 Å². The zero-order valence-corrected chi connectivity index (χ0v) is 12.9. The molecule has 1 fully saturated rings. The summed E-state index contributed by atoms with van der Waals surface area (Å²) in [6.45, 7) is 4.35. The number of halogens is 1. The number of hydrogen-bond acceptors (Lipinski definition) is 4. The van der Waals surface area contributed by atoms with E-state index in [1.165, 1.54) is 0 Å². The fourth-order valence-corrected chi connectivity index (χ4v) is 5.45. The highest BCUT2D eigenvalue weighted by Crippen LogP contribution is 2.36. The predicted octanol–water partition coefficient (Wildman–Crippen LogP) is 3.06. The lowest BCUT2D eigenvalue weighted by atomic mass is 10.3. The second-order valence-corrected chi connectivity index (χ2v) is 8.21. The van der Waals surface area contributed by atoms with Crippen LogP contribution >= 0.6 is 22.9 Å². The molecule has 0 atom stereocenters. The SMILES string of the molecule is CCCCN(C1CC1)S(=O)(=O)c1sc(Cl)nc1C. The van der Waals surface area contributed by atoms with Crippen molar-refractivity contribution < 1.29 is 8.42 Å². The molecular weight excluding hydrogens is 292 g/mol.